The zero-order chi connectivity index (χ0) is 16.1. The number of halogens is 2. The Morgan fingerprint density at radius 1 is 1.27 bits per heavy atom. The van der Waals surface area contributed by atoms with Crippen LogP contribution in [0.3, 0.4) is 0 Å². The summed E-state index contributed by atoms with van der Waals surface area (Å²) in [5.74, 6) is -0.903. The minimum Gasteiger partial charge on any atom is -0.267 e. The predicted molar refractivity (Wildman–Crippen MR) is 82.3 cm³/mol. The molecular formula is C14H9BrFN3O3. The van der Waals surface area contributed by atoms with E-state index in [-0.39, 0.29) is 15.7 Å². The van der Waals surface area contributed by atoms with Crippen molar-refractivity contribution in [1.82, 2.24) is 5.43 Å². The smallest absolute Gasteiger partial charge is 0.267 e. The van der Waals surface area contributed by atoms with E-state index in [1.807, 2.05) is 0 Å². The van der Waals surface area contributed by atoms with E-state index in [1.165, 1.54) is 48.7 Å². The van der Waals surface area contributed by atoms with Crippen LogP contribution in [0.1, 0.15) is 15.9 Å². The summed E-state index contributed by atoms with van der Waals surface area (Å²) in [6.07, 6.45) is 1.35. The normalized spacial score (nSPS) is 10.6. The van der Waals surface area contributed by atoms with Crippen LogP contribution in [0.2, 0.25) is 0 Å². The van der Waals surface area contributed by atoms with E-state index >= 15 is 0 Å². The molecule has 6 nitrogen and oxygen atoms in total. The van der Waals surface area contributed by atoms with Crippen LogP contribution < -0.4 is 5.43 Å². The second-order valence-electron chi connectivity index (χ2n) is 4.18. The van der Waals surface area contributed by atoms with Crippen LogP contribution >= 0.6 is 15.9 Å². The number of hydrogen-bond acceptors (Lipinski definition) is 4. The summed E-state index contributed by atoms with van der Waals surface area (Å²) in [6, 6.07) is 9.41. The molecule has 0 unspecified atom stereocenters. The van der Waals surface area contributed by atoms with Crippen molar-refractivity contribution in [1.29, 1.82) is 0 Å². The number of rotatable bonds is 4. The van der Waals surface area contributed by atoms with E-state index in [4.69, 9.17) is 0 Å². The molecule has 1 N–H and O–H groups in total. The fourth-order valence-corrected chi connectivity index (χ4v) is 1.95. The van der Waals surface area contributed by atoms with Gasteiger partial charge in [0, 0.05) is 17.7 Å². The first-order chi connectivity index (χ1) is 10.5. The Morgan fingerprint density at radius 3 is 2.55 bits per heavy atom. The first-order valence-corrected chi connectivity index (χ1v) is 6.79. The lowest BCUT2D eigenvalue weighted by Crippen LogP contribution is -2.17. The molecule has 1 amide bonds. The summed E-state index contributed by atoms with van der Waals surface area (Å²) in [6.45, 7) is 0. The number of nitro benzene ring substituents is 1. The fraction of sp³-hybridized carbons (Fsp3) is 0. The van der Waals surface area contributed by atoms with Gasteiger partial charge >= 0.3 is 0 Å². The Kier molecular flexibility index (Phi) is 4.95. The molecule has 0 saturated carbocycles. The third-order valence-corrected chi connectivity index (χ3v) is 3.27. The minimum absolute atomic E-state index is 0.101. The Balaban J connectivity index is 2.01. The molecule has 2 aromatic carbocycles. The van der Waals surface area contributed by atoms with E-state index in [0.717, 1.165) is 0 Å². The van der Waals surface area contributed by atoms with E-state index < -0.39 is 16.6 Å². The highest BCUT2D eigenvalue weighted by molar-refractivity contribution is 9.10. The third-order valence-electron chi connectivity index (χ3n) is 2.66. The van der Waals surface area contributed by atoms with Crippen molar-refractivity contribution in [3.63, 3.8) is 0 Å². The van der Waals surface area contributed by atoms with Crippen LogP contribution in [0, 0.1) is 15.9 Å². The van der Waals surface area contributed by atoms with Gasteiger partial charge in [-0.1, -0.05) is 6.07 Å². The average Bonchev–Trinajstić information content (AvgIpc) is 2.51. The summed E-state index contributed by atoms with van der Waals surface area (Å²) >= 11 is 3.04. The van der Waals surface area contributed by atoms with Gasteiger partial charge in [-0.3, -0.25) is 14.9 Å². The van der Waals surface area contributed by atoms with Crippen LogP contribution in [-0.4, -0.2) is 17.0 Å². The molecule has 0 aliphatic heterocycles. The quantitative estimate of drug-likeness (QED) is 0.512. The van der Waals surface area contributed by atoms with Crippen LogP contribution in [0.5, 0.6) is 0 Å². The maximum atomic E-state index is 13.1. The third kappa shape index (κ3) is 3.95. The number of amides is 1. The SMILES string of the molecule is O=C(N/N=C\c1ccc(F)c(Br)c1)c1ccc([N+](=O)[O-])cc1. The van der Waals surface area contributed by atoms with Gasteiger partial charge in [0.2, 0.25) is 0 Å². The number of nitrogens with one attached hydrogen (secondary N) is 1. The van der Waals surface area contributed by atoms with Gasteiger partial charge in [-0.2, -0.15) is 5.10 Å². The number of nitro groups is 1. The van der Waals surface area contributed by atoms with Gasteiger partial charge < -0.3 is 0 Å². The average molecular weight is 366 g/mol. The molecule has 112 valence electrons. The zero-order valence-corrected chi connectivity index (χ0v) is 12.6. The molecule has 0 bridgehead atoms. The number of hydrogen-bond donors (Lipinski definition) is 1. The Hall–Kier alpha value is -2.61. The standard InChI is InChI=1S/C14H9BrFN3O3/c15-12-7-9(1-6-13(12)16)8-17-18-14(20)10-2-4-11(5-3-10)19(21)22/h1-8H,(H,18,20)/b17-8-. The number of hydrazone groups is 1. The van der Waals surface area contributed by atoms with Gasteiger partial charge in [0.15, 0.2) is 0 Å². The van der Waals surface area contributed by atoms with Gasteiger partial charge in [-0.15, -0.1) is 0 Å². The molecule has 22 heavy (non-hydrogen) atoms. The number of non-ortho nitro benzene ring substituents is 1. The van der Waals surface area contributed by atoms with Crippen LogP contribution in [-0.2, 0) is 0 Å². The molecule has 0 aromatic heterocycles. The molecular weight excluding hydrogens is 357 g/mol. The van der Waals surface area contributed by atoms with Gasteiger partial charge in [0.05, 0.1) is 15.6 Å². The number of nitrogens with zero attached hydrogens (tertiary/aromatic N) is 2. The topological polar surface area (TPSA) is 84.6 Å². The lowest BCUT2D eigenvalue weighted by Gasteiger charge is -2.00. The van der Waals surface area contributed by atoms with Crippen molar-refractivity contribution < 1.29 is 14.1 Å². The lowest BCUT2D eigenvalue weighted by molar-refractivity contribution is -0.384. The van der Waals surface area contributed by atoms with Crippen LogP contribution in [0.4, 0.5) is 10.1 Å². The minimum atomic E-state index is -0.549. The largest absolute Gasteiger partial charge is 0.271 e. The molecule has 0 radical (unpaired) electrons. The first kappa shape index (κ1) is 15.8. The van der Waals surface area contributed by atoms with E-state index in [0.29, 0.717) is 5.56 Å². The Morgan fingerprint density at radius 2 is 1.95 bits per heavy atom. The number of carbonyl (C=O) groups is 1. The summed E-state index contributed by atoms with van der Waals surface area (Å²) < 4.78 is 13.3. The number of benzene rings is 2. The molecule has 0 heterocycles. The van der Waals surface area contributed by atoms with Crippen LogP contribution in [0.15, 0.2) is 52.0 Å². The molecule has 0 aliphatic rings. The molecule has 8 heteroatoms. The highest BCUT2D eigenvalue weighted by atomic mass is 79.9. The maximum Gasteiger partial charge on any atom is 0.271 e. The fourth-order valence-electron chi connectivity index (χ4n) is 1.56. The van der Waals surface area contributed by atoms with Crippen molar-refractivity contribution in [2.45, 2.75) is 0 Å². The lowest BCUT2D eigenvalue weighted by atomic mass is 10.2. The van der Waals surface area contributed by atoms with Crippen molar-refractivity contribution in [3.8, 4) is 0 Å². The molecule has 0 aliphatic carbocycles. The Labute approximate surface area is 132 Å². The van der Waals surface area contributed by atoms with Crippen molar-refractivity contribution >= 4 is 33.7 Å². The van der Waals surface area contributed by atoms with Gasteiger partial charge in [-0.05, 0) is 45.8 Å². The summed E-state index contributed by atoms with van der Waals surface area (Å²) in [5, 5.41) is 14.3. The summed E-state index contributed by atoms with van der Waals surface area (Å²) in [4.78, 5) is 21.7. The zero-order valence-electron chi connectivity index (χ0n) is 11.0. The molecule has 0 saturated heterocycles. The Bertz CT molecular complexity index is 747. The maximum absolute atomic E-state index is 13.1. The first-order valence-electron chi connectivity index (χ1n) is 6.00. The van der Waals surface area contributed by atoms with E-state index in [9.17, 15) is 19.3 Å². The van der Waals surface area contributed by atoms with E-state index in [2.05, 4.69) is 26.5 Å². The monoisotopic (exact) mass is 365 g/mol. The van der Waals surface area contributed by atoms with Gasteiger partial charge in [0.1, 0.15) is 5.82 Å². The van der Waals surface area contributed by atoms with Crippen molar-refractivity contribution in [2.24, 2.45) is 5.10 Å². The van der Waals surface area contributed by atoms with Crippen molar-refractivity contribution in [2.75, 3.05) is 0 Å². The number of carbonyl (C=O) groups excluding carboxylic acids is 1. The summed E-state index contributed by atoms with van der Waals surface area (Å²) in [7, 11) is 0. The highest BCUT2D eigenvalue weighted by Gasteiger charge is 2.08. The molecule has 0 fully saturated rings. The van der Waals surface area contributed by atoms with E-state index in [1.54, 1.807) is 0 Å². The van der Waals surface area contributed by atoms with Gasteiger partial charge in [0.25, 0.3) is 11.6 Å². The summed E-state index contributed by atoms with van der Waals surface area (Å²) in [5.41, 5.74) is 3.01. The molecule has 0 spiro atoms. The molecule has 2 rings (SSSR count). The van der Waals surface area contributed by atoms with Crippen molar-refractivity contribution in [3.05, 3.63) is 74.0 Å². The second-order valence-corrected chi connectivity index (χ2v) is 5.03. The second kappa shape index (κ2) is 6.90. The molecule has 0 atom stereocenters. The highest BCUT2D eigenvalue weighted by Crippen LogP contribution is 2.15. The van der Waals surface area contributed by atoms with Gasteiger partial charge in [-0.25, -0.2) is 9.82 Å². The molecule has 2 aromatic rings. The predicted octanol–water partition coefficient (Wildman–Crippen LogP) is 3.26. The van der Waals surface area contributed by atoms with Crippen LogP contribution in [0.25, 0.3) is 0 Å².